The number of benzene rings is 1. The molecule has 0 fully saturated rings. The Morgan fingerprint density at radius 3 is 2.80 bits per heavy atom. The number of carbonyl (C=O) groups is 1. The van der Waals surface area contributed by atoms with Gasteiger partial charge in [-0.2, -0.15) is 0 Å². The number of hydrogen-bond donors (Lipinski definition) is 1. The highest BCUT2D eigenvalue weighted by molar-refractivity contribution is 9.10. The lowest BCUT2D eigenvalue weighted by atomic mass is 10.2. The summed E-state index contributed by atoms with van der Waals surface area (Å²) in [5, 5.41) is 2.77. The van der Waals surface area contributed by atoms with Gasteiger partial charge in [0.2, 0.25) is 0 Å². The van der Waals surface area contributed by atoms with Crippen LogP contribution in [0.25, 0.3) is 0 Å². The van der Waals surface area contributed by atoms with Crippen molar-refractivity contribution in [2.45, 2.75) is 13.8 Å². The predicted octanol–water partition coefficient (Wildman–Crippen LogP) is 3.80. The van der Waals surface area contributed by atoms with Crippen LogP contribution >= 0.6 is 15.9 Å². The maximum absolute atomic E-state index is 12.1. The smallest absolute Gasteiger partial charge is 0.256 e. The number of pyridine rings is 1. The first kappa shape index (κ1) is 14.5. The van der Waals surface area contributed by atoms with Crippen LogP contribution in [0, 0.1) is 6.92 Å². The van der Waals surface area contributed by atoms with E-state index in [1.54, 1.807) is 24.3 Å². The van der Waals surface area contributed by atoms with Crippen LogP contribution in [0.4, 0.5) is 5.82 Å². The molecule has 0 aliphatic heterocycles. The maximum Gasteiger partial charge on any atom is 0.256 e. The van der Waals surface area contributed by atoms with Gasteiger partial charge in [-0.05, 0) is 60.1 Å². The number of amides is 1. The van der Waals surface area contributed by atoms with Crippen LogP contribution in [0.3, 0.4) is 0 Å². The lowest BCUT2D eigenvalue weighted by molar-refractivity contribution is 0.102. The molecular weight excluding hydrogens is 320 g/mol. The maximum atomic E-state index is 12.1. The summed E-state index contributed by atoms with van der Waals surface area (Å²) in [5.41, 5.74) is 1.40. The Morgan fingerprint density at radius 1 is 1.35 bits per heavy atom. The van der Waals surface area contributed by atoms with Crippen molar-refractivity contribution < 1.29 is 9.53 Å². The third-order valence-electron chi connectivity index (χ3n) is 2.62. The van der Waals surface area contributed by atoms with E-state index in [9.17, 15) is 4.79 Å². The van der Waals surface area contributed by atoms with E-state index in [-0.39, 0.29) is 5.91 Å². The molecular formula is C15H15BrN2O2. The molecule has 2 rings (SSSR count). The summed E-state index contributed by atoms with van der Waals surface area (Å²) >= 11 is 3.39. The van der Waals surface area contributed by atoms with Crippen LogP contribution in [-0.4, -0.2) is 17.5 Å². The number of halogens is 1. The van der Waals surface area contributed by atoms with E-state index >= 15 is 0 Å². The predicted molar refractivity (Wildman–Crippen MR) is 82.2 cm³/mol. The zero-order valence-corrected chi connectivity index (χ0v) is 12.9. The standard InChI is InChI=1S/C15H15BrN2O2/c1-3-20-13-8-7-11(9-12(13)16)15(19)18-14-6-4-5-10(2)17-14/h4-9H,3H2,1-2H3,(H,17,18,19). The van der Waals surface area contributed by atoms with Crippen LogP contribution < -0.4 is 10.1 Å². The first-order chi connectivity index (χ1) is 9.60. The molecule has 0 bridgehead atoms. The molecule has 2 aromatic rings. The van der Waals surface area contributed by atoms with Gasteiger partial charge in [-0.3, -0.25) is 4.79 Å². The quantitative estimate of drug-likeness (QED) is 0.925. The summed E-state index contributed by atoms with van der Waals surface area (Å²) in [6, 6.07) is 10.7. The van der Waals surface area contributed by atoms with Gasteiger partial charge in [0.05, 0.1) is 11.1 Å². The van der Waals surface area contributed by atoms with Gasteiger partial charge in [0, 0.05) is 11.3 Å². The van der Waals surface area contributed by atoms with Crippen molar-refractivity contribution in [1.82, 2.24) is 4.98 Å². The summed E-state index contributed by atoms with van der Waals surface area (Å²) in [5.74, 6) is 1.06. The topological polar surface area (TPSA) is 51.2 Å². The second-order valence-electron chi connectivity index (χ2n) is 4.20. The van der Waals surface area contributed by atoms with Crippen molar-refractivity contribution in [2.24, 2.45) is 0 Å². The molecule has 0 radical (unpaired) electrons. The van der Waals surface area contributed by atoms with Gasteiger partial charge in [0.25, 0.3) is 5.91 Å². The van der Waals surface area contributed by atoms with Crippen LogP contribution in [0.5, 0.6) is 5.75 Å². The van der Waals surface area contributed by atoms with Crippen molar-refractivity contribution in [3.63, 3.8) is 0 Å². The average molecular weight is 335 g/mol. The Balaban J connectivity index is 2.15. The second kappa shape index (κ2) is 6.52. The van der Waals surface area contributed by atoms with Gasteiger partial charge in [-0.25, -0.2) is 4.98 Å². The van der Waals surface area contributed by atoms with Gasteiger partial charge >= 0.3 is 0 Å². The fourth-order valence-corrected chi connectivity index (χ4v) is 2.21. The van der Waals surface area contributed by atoms with Crippen molar-refractivity contribution in [1.29, 1.82) is 0 Å². The van der Waals surface area contributed by atoms with E-state index in [0.717, 1.165) is 15.9 Å². The zero-order chi connectivity index (χ0) is 14.5. The molecule has 1 N–H and O–H groups in total. The Bertz CT molecular complexity index is 629. The number of anilines is 1. The van der Waals surface area contributed by atoms with E-state index in [1.165, 1.54) is 0 Å². The number of carbonyl (C=O) groups excluding carboxylic acids is 1. The number of nitrogens with zero attached hydrogens (tertiary/aromatic N) is 1. The molecule has 1 amide bonds. The molecule has 0 spiro atoms. The van der Waals surface area contributed by atoms with Gasteiger partial charge in [0.15, 0.2) is 0 Å². The summed E-state index contributed by atoms with van der Waals surface area (Å²) in [6.45, 7) is 4.37. The molecule has 1 aromatic heterocycles. The Kier molecular flexibility index (Phi) is 4.74. The number of nitrogens with one attached hydrogen (secondary N) is 1. The SMILES string of the molecule is CCOc1ccc(C(=O)Nc2cccc(C)n2)cc1Br. The summed E-state index contributed by atoms with van der Waals surface area (Å²) in [7, 11) is 0. The van der Waals surface area contributed by atoms with Crippen LogP contribution in [-0.2, 0) is 0 Å². The molecule has 4 nitrogen and oxygen atoms in total. The summed E-state index contributed by atoms with van der Waals surface area (Å²) < 4.78 is 6.17. The van der Waals surface area contributed by atoms with Crippen LogP contribution in [0.15, 0.2) is 40.9 Å². The highest BCUT2D eigenvalue weighted by atomic mass is 79.9. The monoisotopic (exact) mass is 334 g/mol. The first-order valence-corrected chi connectivity index (χ1v) is 7.07. The van der Waals surface area contributed by atoms with Crippen molar-refractivity contribution in [3.05, 3.63) is 52.1 Å². The van der Waals surface area contributed by atoms with E-state index < -0.39 is 0 Å². The van der Waals surface area contributed by atoms with Crippen molar-refractivity contribution in [3.8, 4) is 5.75 Å². The third kappa shape index (κ3) is 3.57. The molecule has 20 heavy (non-hydrogen) atoms. The Hall–Kier alpha value is -1.88. The van der Waals surface area contributed by atoms with Gasteiger partial charge in [-0.1, -0.05) is 6.07 Å². The highest BCUT2D eigenvalue weighted by Crippen LogP contribution is 2.26. The van der Waals surface area contributed by atoms with Gasteiger partial charge in [0.1, 0.15) is 11.6 Å². The minimum Gasteiger partial charge on any atom is -0.493 e. The number of rotatable bonds is 4. The molecule has 0 unspecified atom stereocenters. The normalized spacial score (nSPS) is 10.2. The number of hydrogen-bond acceptors (Lipinski definition) is 3. The van der Waals surface area contributed by atoms with E-state index in [2.05, 4.69) is 26.2 Å². The van der Waals surface area contributed by atoms with Crippen molar-refractivity contribution in [2.75, 3.05) is 11.9 Å². The van der Waals surface area contributed by atoms with Gasteiger partial charge < -0.3 is 10.1 Å². The van der Waals surface area contributed by atoms with Crippen molar-refractivity contribution >= 4 is 27.7 Å². The summed E-state index contributed by atoms with van der Waals surface area (Å²) in [4.78, 5) is 16.4. The molecule has 0 saturated carbocycles. The van der Waals surface area contributed by atoms with E-state index in [0.29, 0.717) is 18.0 Å². The third-order valence-corrected chi connectivity index (χ3v) is 3.24. The zero-order valence-electron chi connectivity index (χ0n) is 11.3. The largest absolute Gasteiger partial charge is 0.493 e. The number of aromatic nitrogens is 1. The number of ether oxygens (including phenoxy) is 1. The molecule has 104 valence electrons. The average Bonchev–Trinajstić information content (AvgIpc) is 2.41. The molecule has 1 aromatic carbocycles. The minimum atomic E-state index is -0.202. The Labute approximate surface area is 126 Å². The fourth-order valence-electron chi connectivity index (χ4n) is 1.72. The minimum absolute atomic E-state index is 0.202. The molecule has 0 atom stereocenters. The fraction of sp³-hybridized carbons (Fsp3) is 0.200. The van der Waals surface area contributed by atoms with Gasteiger partial charge in [-0.15, -0.1) is 0 Å². The molecule has 5 heteroatoms. The number of aryl methyl sites for hydroxylation is 1. The lowest BCUT2D eigenvalue weighted by Crippen LogP contribution is -2.13. The molecule has 0 aliphatic rings. The molecule has 1 heterocycles. The summed E-state index contributed by atoms with van der Waals surface area (Å²) in [6.07, 6.45) is 0. The molecule has 0 aliphatic carbocycles. The molecule has 0 saturated heterocycles. The second-order valence-corrected chi connectivity index (χ2v) is 5.05. The van der Waals surface area contributed by atoms with Crippen LogP contribution in [0.2, 0.25) is 0 Å². The van der Waals surface area contributed by atoms with Crippen LogP contribution in [0.1, 0.15) is 23.0 Å². The Morgan fingerprint density at radius 2 is 2.15 bits per heavy atom. The van der Waals surface area contributed by atoms with E-state index in [4.69, 9.17) is 4.74 Å². The first-order valence-electron chi connectivity index (χ1n) is 6.27. The highest BCUT2D eigenvalue weighted by Gasteiger charge is 2.10. The van der Waals surface area contributed by atoms with E-state index in [1.807, 2.05) is 26.0 Å². The lowest BCUT2D eigenvalue weighted by Gasteiger charge is -2.08.